The molecule has 0 saturated heterocycles. The van der Waals surface area contributed by atoms with Crippen molar-refractivity contribution in [3.8, 4) is 5.75 Å². The van der Waals surface area contributed by atoms with E-state index < -0.39 is 0 Å². The topological polar surface area (TPSA) is 63.2 Å². The molecule has 0 aliphatic rings. The summed E-state index contributed by atoms with van der Waals surface area (Å²) in [6.07, 6.45) is 1.64. The number of hydrogen-bond donors (Lipinski definition) is 2. The minimum absolute atomic E-state index is 0.0867. The Balaban J connectivity index is 2.15. The van der Waals surface area contributed by atoms with Crippen LogP contribution in [0.25, 0.3) is 0 Å². The molecule has 0 fully saturated rings. The second kappa shape index (κ2) is 6.93. The molecule has 2 N–H and O–H groups in total. The van der Waals surface area contributed by atoms with Crippen molar-refractivity contribution < 1.29 is 9.53 Å². The van der Waals surface area contributed by atoms with Gasteiger partial charge in [-0.3, -0.25) is 4.79 Å². The maximum absolute atomic E-state index is 11.9. The zero-order valence-electron chi connectivity index (χ0n) is 13.3. The van der Waals surface area contributed by atoms with Crippen molar-refractivity contribution in [1.29, 1.82) is 0 Å². The Labute approximate surface area is 130 Å². The fraction of sp³-hybridized carbons (Fsp3) is 0.294. The van der Waals surface area contributed by atoms with Gasteiger partial charge >= 0.3 is 0 Å². The summed E-state index contributed by atoms with van der Waals surface area (Å²) in [5.41, 5.74) is 3.19. The lowest BCUT2D eigenvalue weighted by Crippen LogP contribution is -2.30. The first-order valence-corrected chi connectivity index (χ1v) is 7.18. The summed E-state index contributed by atoms with van der Waals surface area (Å²) in [7, 11) is 1.63. The SMILES string of the molecule is COc1ccc(C)cc1Nc1ccc(C(=O)NC(C)C)nc1. The van der Waals surface area contributed by atoms with Crippen LogP contribution in [0.3, 0.4) is 0 Å². The largest absolute Gasteiger partial charge is 0.495 e. The van der Waals surface area contributed by atoms with Gasteiger partial charge in [-0.05, 0) is 50.6 Å². The Morgan fingerprint density at radius 3 is 2.59 bits per heavy atom. The van der Waals surface area contributed by atoms with Gasteiger partial charge in [-0.2, -0.15) is 0 Å². The highest BCUT2D eigenvalue weighted by Crippen LogP contribution is 2.28. The van der Waals surface area contributed by atoms with Crippen molar-refractivity contribution in [3.63, 3.8) is 0 Å². The van der Waals surface area contributed by atoms with Crippen molar-refractivity contribution in [2.45, 2.75) is 26.8 Å². The third-order valence-corrected chi connectivity index (χ3v) is 3.05. The number of carbonyl (C=O) groups excluding carboxylic acids is 1. The van der Waals surface area contributed by atoms with Crippen LogP contribution in [0, 0.1) is 6.92 Å². The zero-order chi connectivity index (χ0) is 16.1. The summed E-state index contributed by atoms with van der Waals surface area (Å²) in [5, 5.41) is 6.06. The number of methoxy groups -OCH3 is 1. The highest BCUT2D eigenvalue weighted by Gasteiger charge is 2.09. The number of benzene rings is 1. The molecular weight excluding hydrogens is 278 g/mol. The average molecular weight is 299 g/mol. The molecule has 1 heterocycles. The van der Waals surface area contributed by atoms with Gasteiger partial charge in [0.1, 0.15) is 11.4 Å². The predicted octanol–water partition coefficient (Wildman–Crippen LogP) is 3.28. The first kappa shape index (κ1) is 15.8. The minimum Gasteiger partial charge on any atom is -0.495 e. The van der Waals surface area contributed by atoms with E-state index in [0.717, 1.165) is 22.7 Å². The Morgan fingerprint density at radius 2 is 2.00 bits per heavy atom. The van der Waals surface area contributed by atoms with Gasteiger partial charge in [-0.15, -0.1) is 0 Å². The second-order valence-electron chi connectivity index (χ2n) is 5.39. The first-order chi connectivity index (χ1) is 10.5. The molecule has 0 spiro atoms. The molecule has 0 bridgehead atoms. The number of anilines is 2. The van der Waals surface area contributed by atoms with Crippen LogP contribution in [0.2, 0.25) is 0 Å². The molecule has 0 aliphatic heterocycles. The van der Waals surface area contributed by atoms with E-state index >= 15 is 0 Å². The normalized spacial score (nSPS) is 10.4. The van der Waals surface area contributed by atoms with E-state index in [-0.39, 0.29) is 11.9 Å². The quantitative estimate of drug-likeness (QED) is 0.889. The van der Waals surface area contributed by atoms with Crippen LogP contribution in [0.15, 0.2) is 36.5 Å². The molecule has 2 aromatic rings. The number of aromatic nitrogens is 1. The standard InChI is InChI=1S/C17H21N3O2/c1-11(2)19-17(21)14-7-6-13(10-18-14)20-15-9-12(3)5-8-16(15)22-4/h5-11,20H,1-4H3,(H,19,21). The number of ether oxygens (including phenoxy) is 1. The Kier molecular flexibility index (Phi) is 4.99. The van der Waals surface area contributed by atoms with E-state index in [4.69, 9.17) is 4.74 Å². The van der Waals surface area contributed by atoms with Crippen LogP contribution in [-0.2, 0) is 0 Å². The van der Waals surface area contributed by atoms with Crippen LogP contribution in [-0.4, -0.2) is 24.0 Å². The molecule has 5 nitrogen and oxygen atoms in total. The lowest BCUT2D eigenvalue weighted by molar-refractivity contribution is 0.0938. The minimum atomic E-state index is -0.172. The molecule has 5 heteroatoms. The fourth-order valence-corrected chi connectivity index (χ4v) is 2.01. The number of carbonyl (C=O) groups is 1. The highest BCUT2D eigenvalue weighted by atomic mass is 16.5. The monoisotopic (exact) mass is 299 g/mol. The van der Waals surface area contributed by atoms with Gasteiger partial charge in [0.05, 0.1) is 24.7 Å². The third-order valence-electron chi connectivity index (χ3n) is 3.05. The Hall–Kier alpha value is -2.56. The van der Waals surface area contributed by atoms with Crippen LogP contribution < -0.4 is 15.4 Å². The van der Waals surface area contributed by atoms with Crippen molar-refractivity contribution in [1.82, 2.24) is 10.3 Å². The number of rotatable bonds is 5. The number of amides is 1. The maximum atomic E-state index is 11.9. The van der Waals surface area contributed by atoms with Crippen molar-refractivity contribution in [2.24, 2.45) is 0 Å². The Bertz CT molecular complexity index is 651. The number of nitrogens with one attached hydrogen (secondary N) is 2. The number of hydrogen-bond acceptors (Lipinski definition) is 4. The molecule has 0 unspecified atom stereocenters. The number of nitrogens with zero attached hydrogens (tertiary/aromatic N) is 1. The van der Waals surface area contributed by atoms with E-state index in [1.165, 1.54) is 0 Å². The highest BCUT2D eigenvalue weighted by molar-refractivity contribution is 5.92. The maximum Gasteiger partial charge on any atom is 0.270 e. The summed E-state index contributed by atoms with van der Waals surface area (Å²) in [6, 6.07) is 9.51. The van der Waals surface area contributed by atoms with Gasteiger partial charge in [0, 0.05) is 6.04 Å². The van der Waals surface area contributed by atoms with Gasteiger partial charge < -0.3 is 15.4 Å². The predicted molar refractivity (Wildman–Crippen MR) is 87.9 cm³/mol. The third kappa shape index (κ3) is 3.97. The molecule has 2 rings (SSSR count). The van der Waals surface area contributed by atoms with E-state index in [9.17, 15) is 4.79 Å². The zero-order valence-corrected chi connectivity index (χ0v) is 13.3. The van der Waals surface area contributed by atoms with E-state index in [2.05, 4.69) is 15.6 Å². The van der Waals surface area contributed by atoms with Gasteiger partial charge in [0.2, 0.25) is 0 Å². The molecular formula is C17H21N3O2. The van der Waals surface area contributed by atoms with Crippen LogP contribution in [0.5, 0.6) is 5.75 Å². The van der Waals surface area contributed by atoms with E-state index in [1.54, 1.807) is 19.4 Å². The average Bonchev–Trinajstić information content (AvgIpc) is 2.47. The molecule has 0 radical (unpaired) electrons. The van der Waals surface area contributed by atoms with Crippen molar-refractivity contribution in [3.05, 3.63) is 47.8 Å². The summed E-state index contributed by atoms with van der Waals surface area (Å²) in [4.78, 5) is 16.0. The molecule has 1 aromatic carbocycles. The van der Waals surface area contributed by atoms with Gasteiger partial charge in [0.15, 0.2) is 0 Å². The number of pyridine rings is 1. The number of aryl methyl sites for hydroxylation is 1. The molecule has 1 aromatic heterocycles. The Morgan fingerprint density at radius 1 is 1.23 bits per heavy atom. The van der Waals surface area contributed by atoms with Gasteiger partial charge in [-0.25, -0.2) is 4.98 Å². The van der Waals surface area contributed by atoms with Crippen molar-refractivity contribution in [2.75, 3.05) is 12.4 Å². The summed E-state index contributed by atoms with van der Waals surface area (Å²) < 4.78 is 5.33. The van der Waals surface area contributed by atoms with Gasteiger partial charge in [-0.1, -0.05) is 6.07 Å². The molecule has 1 amide bonds. The first-order valence-electron chi connectivity index (χ1n) is 7.18. The fourth-order valence-electron chi connectivity index (χ4n) is 2.01. The van der Waals surface area contributed by atoms with Crippen LogP contribution in [0.1, 0.15) is 29.9 Å². The lowest BCUT2D eigenvalue weighted by atomic mass is 10.2. The van der Waals surface area contributed by atoms with Crippen molar-refractivity contribution >= 4 is 17.3 Å². The van der Waals surface area contributed by atoms with E-state index in [1.807, 2.05) is 45.0 Å². The summed E-state index contributed by atoms with van der Waals surface area (Å²) in [5.74, 6) is 0.585. The molecule has 22 heavy (non-hydrogen) atoms. The summed E-state index contributed by atoms with van der Waals surface area (Å²) in [6.45, 7) is 5.85. The van der Waals surface area contributed by atoms with Crippen LogP contribution >= 0.6 is 0 Å². The van der Waals surface area contributed by atoms with E-state index in [0.29, 0.717) is 5.69 Å². The molecule has 0 saturated carbocycles. The van der Waals surface area contributed by atoms with Crippen LogP contribution in [0.4, 0.5) is 11.4 Å². The molecule has 116 valence electrons. The summed E-state index contributed by atoms with van der Waals surface area (Å²) >= 11 is 0. The smallest absolute Gasteiger partial charge is 0.270 e. The lowest BCUT2D eigenvalue weighted by Gasteiger charge is -2.12. The van der Waals surface area contributed by atoms with Gasteiger partial charge in [0.25, 0.3) is 5.91 Å². The molecule has 0 aliphatic carbocycles. The molecule has 0 atom stereocenters. The second-order valence-corrected chi connectivity index (χ2v) is 5.39.